The second kappa shape index (κ2) is 8.53. The quantitative estimate of drug-likeness (QED) is 0.627. The number of hydrogen-bond donors (Lipinski definition) is 1. The lowest BCUT2D eigenvalue weighted by Crippen LogP contribution is -2.34. The number of thiazole rings is 1. The second-order valence-corrected chi connectivity index (χ2v) is 10.7. The SMILES string of the molecule is CCn1c(=O)sc2cc(S(=O)(=O)NCc3ccc(N4CCC[C@@H](C)C4)cc3)ccc21. The van der Waals surface area contributed by atoms with Crippen LogP contribution in [0.5, 0.6) is 0 Å². The minimum atomic E-state index is -3.66. The van der Waals surface area contributed by atoms with E-state index in [1.165, 1.54) is 18.5 Å². The van der Waals surface area contributed by atoms with Gasteiger partial charge in [0, 0.05) is 31.9 Å². The van der Waals surface area contributed by atoms with Crippen molar-refractivity contribution in [3.05, 3.63) is 57.7 Å². The van der Waals surface area contributed by atoms with E-state index in [9.17, 15) is 13.2 Å². The third kappa shape index (κ3) is 4.31. The molecule has 30 heavy (non-hydrogen) atoms. The van der Waals surface area contributed by atoms with Crippen LogP contribution in [0.15, 0.2) is 52.2 Å². The Balaban J connectivity index is 1.46. The fraction of sp³-hybridized carbons (Fsp3) is 0.409. The molecule has 2 aromatic carbocycles. The van der Waals surface area contributed by atoms with E-state index in [1.54, 1.807) is 22.8 Å². The number of benzene rings is 2. The molecule has 0 spiro atoms. The monoisotopic (exact) mass is 445 g/mol. The van der Waals surface area contributed by atoms with Gasteiger partial charge in [-0.15, -0.1) is 0 Å². The lowest BCUT2D eigenvalue weighted by Gasteiger charge is -2.32. The Labute approximate surface area is 181 Å². The van der Waals surface area contributed by atoms with Gasteiger partial charge >= 0.3 is 4.87 Å². The summed E-state index contributed by atoms with van der Waals surface area (Å²) in [7, 11) is -3.66. The molecule has 4 rings (SSSR count). The van der Waals surface area contributed by atoms with Crippen LogP contribution in [0.25, 0.3) is 10.2 Å². The summed E-state index contributed by atoms with van der Waals surface area (Å²) in [4.78, 5) is 14.5. The van der Waals surface area contributed by atoms with Gasteiger partial charge in [0.15, 0.2) is 0 Å². The Hall–Kier alpha value is -2.16. The van der Waals surface area contributed by atoms with Crippen LogP contribution >= 0.6 is 11.3 Å². The minimum Gasteiger partial charge on any atom is -0.371 e. The molecule has 1 aliphatic heterocycles. The molecule has 2 heterocycles. The van der Waals surface area contributed by atoms with Crippen LogP contribution in [0, 0.1) is 5.92 Å². The summed E-state index contributed by atoms with van der Waals surface area (Å²) < 4.78 is 30.5. The van der Waals surface area contributed by atoms with Gasteiger partial charge in [0.1, 0.15) is 0 Å². The Morgan fingerprint density at radius 3 is 2.63 bits per heavy atom. The predicted molar refractivity (Wildman–Crippen MR) is 123 cm³/mol. The molecule has 0 aliphatic carbocycles. The number of sulfonamides is 1. The van der Waals surface area contributed by atoms with Gasteiger partial charge in [-0.3, -0.25) is 9.36 Å². The minimum absolute atomic E-state index is 0.0711. The van der Waals surface area contributed by atoms with E-state index in [1.807, 2.05) is 19.1 Å². The van der Waals surface area contributed by atoms with Gasteiger partial charge in [0.2, 0.25) is 10.0 Å². The number of fused-ring (bicyclic) bond motifs is 1. The van der Waals surface area contributed by atoms with Crippen molar-refractivity contribution in [2.24, 2.45) is 5.92 Å². The summed E-state index contributed by atoms with van der Waals surface area (Å²) in [5.74, 6) is 0.704. The largest absolute Gasteiger partial charge is 0.371 e. The number of hydrogen-bond acceptors (Lipinski definition) is 5. The van der Waals surface area contributed by atoms with Crippen molar-refractivity contribution in [2.45, 2.75) is 44.7 Å². The summed E-state index contributed by atoms with van der Waals surface area (Å²) in [5.41, 5.74) is 2.87. The van der Waals surface area contributed by atoms with Gasteiger partial charge in [0.05, 0.1) is 15.1 Å². The summed E-state index contributed by atoms with van der Waals surface area (Å²) in [6.07, 6.45) is 2.49. The number of piperidine rings is 1. The van der Waals surface area contributed by atoms with E-state index in [4.69, 9.17) is 0 Å². The second-order valence-electron chi connectivity index (χ2n) is 7.93. The Bertz CT molecular complexity index is 1200. The summed E-state index contributed by atoms with van der Waals surface area (Å²) in [6, 6.07) is 12.9. The first-order valence-electron chi connectivity index (χ1n) is 10.3. The number of nitrogens with zero attached hydrogens (tertiary/aromatic N) is 2. The van der Waals surface area contributed by atoms with E-state index >= 15 is 0 Å². The number of rotatable bonds is 6. The maximum atomic E-state index is 12.8. The van der Waals surface area contributed by atoms with Crippen LogP contribution in [0.4, 0.5) is 5.69 Å². The topological polar surface area (TPSA) is 71.4 Å². The van der Waals surface area contributed by atoms with E-state index in [2.05, 4.69) is 28.7 Å². The Morgan fingerprint density at radius 2 is 1.93 bits per heavy atom. The first-order valence-corrected chi connectivity index (χ1v) is 12.6. The van der Waals surface area contributed by atoms with Crippen molar-refractivity contribution in [1.82, 2.24) is 9.29 Å². The molecule has 6 nitrogen and oxygen atoms in total. The van der Waals surface area contributed by atoms with Crippen molar-refractivity contribution in [3.63, 3.8) is 0 Å². The maximum absolute atomic E-state index is 12.8. The summed E-state index contributed by atoms with van der Waals surface area (Å²) >= 11 is 1.07. The molecule has 0 bridgehead atoms. The molecule has 1 N–H and O–H groups in total. The van der Waals surface area contributed by atoms with Crippen LogP contribution in [-0.2, 0) is 23.1 Å². The molecular formula is C22H27N3O3S2. The summed E-state index contributed by atoms with van der Waals surface area (Å²) in [5, 5.41) is 0. The average molecular weight is 446 g/mol. The Kier molecular flexibility index (Phi) is 5.99. The van der Waals surface area contributed by atoms with Gasteiger partial charge < -0.3 is 4.90 Å². The molecule has 8 heteroatoms. The molecule has 1 aromatic heterocycles. The van der Waals surface area contributed by atoms with Gasteiger partial charge in [-0.05, 0) is 61.6 Å². The molecule has 3 aromatic rings. The lowest BCUT2D eigenvalue weighted by molar-refractivity contribution is 0.447. The van der Waals surface area contributed by atoms with Gasteiger partial charge in [-0.1, -0.05) is 30.4 Å². The zero-order valence-corrected chi connectivity index (χ0v) is 18.9. The molecule has 1 saturated heterocycles. The van der Waals surface area contributed by atoms with E-state index in [0.717, 1.165) is 35.5 Å². The maximum Gasteiger partial charge on any atom is 0.308 e. The van der Waals surface area contributed by atoms with Crippen LogP contribution in [-0.4, -0.2) is 26.1 Å². The highest BCUT2D eigenvalue weighted by molar-refractivity contribution is 7.89. The molecule has 1 atom stereocenters. The standard InChI is InChI=1S/C22H27N3O3S2/c1-3-25-20-11-10-19(13-21(20)29-22(25)26)30(27,28)23-14-17-6-8-18(9-7-17)24-12-4-5-16(2)15-24/h6-11,13,16,23H,3-5,12,14-15H2,1-2H3/t16-/m1/s1. The van der Waals surface area contributed by atoms with Crippen molar-refractivity contribution >= 4 is 37.3 Å². The molecule has 0 amide bonds. The highest BCUT2D eigenvalue weighted by Crippen LogP contribution is 2.24. The number of anilines is 1. The molecule has 0 radical (unpaired) electrons. The molecule has 0 unspecified atom stereocenters. The highest BCUT2D eigenvalue weighted by Gasteiger charge is 2.18. The third-order valence-electron chi connectivity index (χ3n) is 5.69. The third-order valence-corrected chi connectivity index (χ3v) is 8.03. The molecule has 1 fully saturated rings. The molecule has 0 saturated carbocycles. The molecule has 160 valence electrons. The highest BCUT2D eigenvalue weighted by atomic mass is 32.2. The number of nitrogens with one attached hydrogen (secondary N) is 1. The van der Waals surface area contributed by atoms with Crippen LogP contribution < -0.4 is 14.5 Å². The van der Waals surface area contributed by atoms with E-state index in [0.29, 0.717) is 17.2 Å². The van der Waals surface area contributed by atoms with Crippen LogP contribution in [0.3, 0.4) is 0 Å². The normalized spacial score (nSPS) is 17.5. The first-order chi connectivity index (χ1) is 14.4. The van der Waals surface area contributed by atoms with Crippen molar-refractivity contribution in [3.8, 4) is 0 Å². The van der Waals surface area contributed by atoms with Crippen LogP contribution in [0.2, 0.25) is 0 Å². The average Bonchev–Trinajstić information content (AvgIpc) is 3.06. The molecular weight excluding hydrogens is 418 g/mol. The number of aryl methyl sites for hydroxylation is 1. The van der Waals surface area contributed by atoms with Gasteiger partial charge in [0.25, 0.3) is 0 Å². The zero-order chi connectivity index (χ0) is 21.3. The smallest absolute Gasteiger partial charge is 0.308 e. The molecule has 1 aliphatic rings. The van der Waals surface area contributed by atoms with Crippen molar-refractivity contribution in [1.29, 1.82) is 0 Å². The van der Waals surface area contributed by atoms with Crippen LogP contribution in [0.1, 0.15) is 32.3 Å². The fourth-order valence-electron chi connectivity index (χ4n) is 4.02. The zero-order valence-electron chi connectivity index (χ0n) is 17.3. The number of aromatic nitrogens is 1. The van der Waals surface area contributed by atoms with E-state index in [-0.39, 0.29) is 16.3 Å². The van der Waals surface area contributed by atoms with Crippen molar-refractivity contribution < 1.29 is 8.42 Å². The van der Waals surface area contributed by atoms with Gasteiger partial charge in [-0.25, -0.2) is 13.1 Å². The van der Waals surface area contributed by atoms with E-state index < -0.39 is 10.0 Å². The predicted octanol–water partition coefficient (Wildman–Crippen LogP) is 3.80. The fourth-order valence-corrected chi connectivity index (χ4v) is 6.14. The first kappa shape index (κ1) is 21.1. The Morgan fingerprint density at radius 1 is 1.17 bits per heavy atom. The lowest BCUT2D eigenvalue weighted by atomic mass is 9.99. The van der Waals surface area contributed by atoms with Gasteiger partial charge in [-0.2, -0.15) is 0 Å². The van der Waals surface area contributed by atoms with Crippen molar-refractivity contribution in [2.75, 3.05) is 18.0 Å². The summed E-state index contributed by atoms with van der Waals surface area (Å²) in [6.45, 7) is 7.11.